The van der Waals surface area contributed by atoms with Crippen molar-refractivity contribution in [1.29, 1.82) is 0 Å². The van der Waals surface area contributed by atoms with Crippen LogP contribution in [0, 0.1) is 5.82 Å². The number of nitrogens with one attached hydrogen (secondary N) is 1. The molecule has 6 heteroatoms. The minimum Gasteiger partial charge on any atom is -0.380 e. The van der Waals surface area contributed by atoms with Gasteiger partial charge in [-0.3, -0.25) is 5.10 Å². The summed E-state index contributed by atoms with van der Waals surface area (Å²) in [6.45, 7) is 0.210. The van der Waals surface area contributed by atoms with Crippen molar-refractivity contribution in [3.63, 3.8) is 0 Å². The van der Waals surface area contributed by atoms with Crippen LogP contribution in [0.2, 0.25) is 5.02 Å². The first kappa shape index (κ1) is 16.6. The molecule has 0 bridgehead atoms. The number of halogens is 2. The first-order chi connectivity index (χ1) is 11.5. The van der Waals surface area contributed by atoms with Gasteiger partial charge >= 0.3 is 0 Å². The molecule has 124 valence electrons. The number of nitrogens with two attached hydrogens (primary N) is 1. The van der Waals surface area contributed by atoms with Crippen LogP contribution in [0.4, 0.5) is 4.39 Å². The molecule has 1 unspecified atom stereocenters. The maximum atomic E-state index is 14.8. The molecule has 0 radical (unpaired) electrons. The molecule has 3 aromatic rings. The van der Waals surface area contributed by atoms with Crippen LogP contribution in [0.25, 0.3) is 11.1 Å². The van der Waals surface area contributed by atoms with Crippen molar-refractivity contribution in [2.24, 2.45) is 5.73 Å². The Labute approximate surface area is 144 Å². The maximum Gasteiger partial charge on any atom is 0.130 e. The molecule has 4 nitrogen and oxygen atoms in total. The number of rotatable bonds is 5. The molecule has 1 aromatic heterocycles. The minimum absolute atomic E-state index is 0.183. The van der Waals surface area contributed by atoms with E-state index in [-0.39, 0.29) is 18.5 Å². The summed E-state index contributed by atoms with van der Waals surface area (Å²) in [6.07, 6.45) is 3.48. The Kier molecular flexibility index (Phi) is 4.66. The van der Waals surface area contributed by atoms with Crippen LogP contribution in [-0.4, -0.2) is 21.8 Å². The van der Waals surface area contributed by atoms with Crippen molar-refractivity contribution in [2.75, 3.05) is 6.54 Å². The van der Waals surface area contributed by atoms with Crippen molar-refractivity contribution >= 4 is 11.6 Å². The Morgan fingerprint density at radius 1 is 1.17 bits per heavy atom. The van der Waals surface area contributed by atoms with Gasteiger partial charge in [0.25, 0.3) is 0 Å². The number of benzene rings is 2. The SMILES string of the molecule is NCCC(O)(c1ccc(Cl)cc1)c1ccc(-c2cn[nH]c2)cc1F. The highest BCUT2D eigenvalue weighted by molar-refractivity contribution is 6.30. The Balaban J connectivity index is 2.07. The second-order valence-corrected chi connectivity index (χ2v) is 6.02. The van der Waals surface area contributed by atoms with Gasteiger partial charge in [0, 0.05) is 22.3 Å². The van der Waals surface area contributed by atoms with E-state index in [0.29, 0.717) is 16.1 Å². The van der Waals surface area contributed by atoms with E-state index in [1.165, 1.54) is 6.07 Å². The molecule has 0 fully saturated rings. The Morgan fingerprint density at radius 2 is 1.92 bits per heavy atom. The normalized spacial score (nSPS) is 13.7. The number of hydrogen-bond acceptors (Lipinski definition) is 3. The highest BCUT2D eigenvalue weighted by Crippen LogP contribution is 2.36. The molecule has 1 atom stereocenters. The summed E-state index contributed by atoms with van der Waals surface area (Å²) in [5.41, 5.74) is 6.32. The number of hydrogen-bond donors (Lipinski definition) is 3. The number of aromatic amines is 1. The third kappa shape index (κ3) is 3.06. The van der Waals surface area contributed by atoms with Crippen LogP contribution in [0.3, 0.4) is 0 Å². The lowest BCUT2D eigenvalue weighted by atomic mass is 9.82. The molecule has 2 aromatic carbocycles. The van der Waals surface area contributed by atoms with Gasteiger partial charge < -0.3 is 10.8 Å². The molecular formula is C18H17ClFN3O. The Hall–Kier alpha value is -2.21. The molecule has 0 saturated carbocycles. The van der Waals surface area contributed by atoms with Crippen molar-refractivity contribution < 1.29 is 9.50 Å². The average molecular weight is 346 g/mol. The van der Waals surface area contributed by atoms with E-state index >= 15 is 0 Å². The number of aromatic nitrogens is 2. The van der Waals surface area contributed by atoms with Crippen LogP contribution in [0.15, 0.2) is 54.9 Å². The lowest BCUT2D eigenvalue weighted by Crippen LogP contribution is -2.31. The number of H-pyrrole nitrogens is 1. The van der Waals surface area contributed by atoms with E-state index < -0.39 is 11.4 Å². The maximum absolute atomic E-state index is 14.8. The highest BCUT2D eigenvalue weighted by Gasteiger charge is 2.33. The van der Waals surface area contributed by atoms with Gasteiger partial charge in [-0.05, 0) is 42.3 Å². The Morgan fingerprint density at radius 3 is 2.50 bits per heavy atom. The molecule has 0 aliphatic rings. The van der Waals surface area contributed by atoms with Gasteiger partial charge in [-0.15, -0.1) is 0 Å². The quantitative estimate of drug-likeness (QED) is 0.663. The summed E-state index contributed by atoms with van der Waals surface area (Å²) in [6, 6.07) is 11.4. The second kappa shape index (κ2) is 6.73. The van der Waals surface area contributed by atoms with E-state index in [1.807, 2.05) is 0 Å². The van der Waals surface area contributed by atoms with Crippen LogP contribution >= 0.6 is 11.6 Å². The molecule has 4 N–H and O–H groups in total. The zero-order valence-electron chi connectivity index (χ0n) is 12.8. The van der Waals surface area contributed by atoms with E-state index in [0.717, 1.165) is 5.56 Å². The largest absolute Gasteiger partial charge is 0.380 e. The summed E-state index contributed by atoms with van der Waals surface area (Å²) in [5, 5.41) is 18.3. The zero-order chi connectivity index (χ0) is 17.2. The van der Waals surface area contributed by atoms with Gasteiger partial charge in [-0.2, -0.15) is 5.10 Å². The molecule has 0 aliphatic carbocycles. The van der Waals surface area contributed by atoms with Gasteiger partial charge in [0.15, 0.2) is 0 Å². The van der Waals surface area contributed by atoms with Crippen molar-refractivity contribution in [2.45, 2.75) is 12.0 Å². The fourth-order valence-corrected chi connectivity index (χ4v) is 2.93. The van der Waals surface area contributed by atoms with Crippen LogP contribution in [-0.2, 0) is 5.60 Å². The van der Waals surface area contributed by atoms with Crippen LogP contribution in [0.1, 0.15) is 17.5 Å². The van der Waals surface area contributed by atoms with Crippen LogP contribution in [0.5, 0.6) is 0 Å². The summed E-state index contributed by atoms with van der Waals surface area (Å²) in [5.74, 6) is -0.500. The fraction of sp³-hybridized carbons (Fsp3) is 0.167. The molecule has 0 amide bonds. The predicted octanol–water partition coefficient (Wildman–Crippen LogP) is 3.45. The standard InChI is InChI=1S/C18H17ClFN3O/c19-15-4-2-14(3-5-15)18(24,7-8-21)16-6-1-12(9-17(16)20)13-10-22-23-11-13/h1-6,9-11,24H,7-8,21H2,(H,22,23). The average Bonchev–Trinajstić information content (AvgIpc) is 3.10. The zero-order valence-corrected chi connectivity index (χ0v) is 13.6. The predicted molar refractivity (Wildman–Crippen MR) is 92.1 cm³/mol. The van der Waals surface area contributed by atoms with E-state index in [1.54, 1.807) is 48.8 Å². The van der Waals surface area contributed by atoms with Crippen molar-refractivity contribution in [1.82, 2.24) is 10.2 Å². The van der Waals surface area contributed by atoms with Crippen molar-refractivity contribution in [3.05, 3.63) is 76.8 Å². The monoisotopic (exact) mass is 345 g/mol. The van der Waals surface area contributed by atoms with E-state index in [4.69, 9.17) is 17.3 Å². The fourth-order valence-electron chi connectivity index (χ4n) is 2.81. The smallest absolute Gasteiger partial charge is 0.130 e. The van der Waals surface area contributed by atoms with Crippen molar-refractivity contribution in [3.8, 4) is 11.1 Å². The molecule has 24 heavy (non-hydrogen) atoms. The lowest BCUT2D eigenvalue weighted by molar-refractivity contribution is 0.0698. The highest BCUT2D eigenvalue weighted by atomic mass is 35.5. The first-order valence-corrected chi connectivity index (χ1v) is 7.90. The van der Waals surface area contributed by atoms with Gasteiger partial charge in [0.1, 0.15) is 11.4 Å². The third-order valence-electron chi connectivity index (χ3n) is 4.07. The second-order valence-electron chi connectivity index (χ2n) is 5.59. The minimum atomic E-state index is -1.52. The molecular weight excluding hydrogens is 329 g/mol. The van der Waals surface area contributed by atoms with Crippen LogP contribution < -0.4 is 5.73 Å². The molecule has 3 rings (SSSR count). The van der Waals surface area contributed by atoms with Gasteiger partial charge in [-0.1, -0.05) is 35.9 Å². The lowest BCUT2D eigenvalue weighted by Gasteiger charge is -2.29. The summed E-state index contributed by atoms with van der Waals surface area (Å²) >= 11 is 5.90. The topological polar surface area (TPSA) is 74.9 Å². The summed E-state index contributed by atoms with van der Waals surface area (Å²) in [7, 11) is 0. The third-order valence-corrected chi connectivity index (χ3v) is 4.33. The first-order valence-electron chi connectivity index (χ1n) is 7.52. The van der Waals surface area contributed by atoms with E-state index in [9.17, 15) is 9.50 Å². The number of aliphatic hydroxyl groups is 1. The summed E-state index contributed by atoms with van der Waals surface area (Å²) in [4.78, 5) is 0. The molecule has 1 heterocycles. The molecule has 0 saturated heterocycles. The molecule has 0 aliphatic heterocycles. The number of nitrogens with zero attached hydrogens (tertiary/aromatic N) is 1. The summed E-state index contributed by atoms with van der Waals surface area (Å²) < 4.78 is 14.8. The van der Waals surface area contributed by atoms with E-state index in [2.05, 4.69) is 10.2 Å². The molecule has 0 spiro atoms. The Bertz CT molecular complexity index is 821. The van der Waals surface area contributed by atoms with Gasteiger partial charge in [-0.25, -0.2) is 4.39 Å². The van der Waals surface area contributed by atoms with Gasteiger partial charge in [0.2, 0.25) is 0 Å². The van der Waals surface area contributed by atoms with Gasteiger partial charge in [0.05, 0.1) is 6.20 Å².